The highest BCUT2D eigenvalue weighted by Gasteiger charge is 2.78. The number of benzene rings is 2. The number of esters is 1. The standard InChI is InChI=1S/C33H40N2O5S/c1-6-8-18-40-31(39)27-26-29(37)35(25(20-36)21(3)4)28(33(26)16-15-32(27,5)41-33)30(38)34(17-7-2)24-14-13-22-11-9-10-12-23(22)19-24/h6-7,9-14,19,21,25-28,36H,1-2,8,15-18,20H2,3-5H3/t25-,26-,27+,28?,32-,33?/m0/s1. The first kappa shape index (κ1) is 29.4. The average molecular weight is 577 g/mol. The number of thioether (sulfide) groups is 1. The fraction of sp³-hybridized carbons (Fsp3) is 0.485. The minimum atomic E-state index is -0.844. The summed E-state index contributed by atoms with van der Waals surface area (Å²) >= 11 is 1.61. The van der Waals surface area contributed by atoms with E-state index in [0.717, 1.165) is 16.5 Å². The van der Waals surface area contributed by atoms with Crippen molar-refractivity contribution in [3.63, 3.8) is 0 Å². The Morgan fingerprint density at radius 2 is 1.90 bits per heavy atom. The summed E-state index contributed by atoms with van der Waals surface area (Å²) in [6.45, 7) is 13.7. The molecule has 2 unspecified atom stereocenters. The molecule has 218 valence electrons. The number of hydrogen-bond acceptors (Lipinski definition) is 6. The summed E-state index contributed by atoms with van der Waals surface area (Å²) in [6, 6.07) is 12.5. The summed E-state index contributed by atoms with van der Waals surface area (Å²) in [5.41, 5.74) is 0.718. The van der Waals surface area contributed by atoms with Crippen LogP contribution in [0, 0.1) is 17.8 Å². The van der Waals surface area contributed by atoms with Crippen LogP contribution in [0.1, 0.15) is 40.0 Å². The molecule has 2 aromatic carbocycles. The van der Waals surface area contributed by atoms with Gasteiger partial charge in [-0.15, -0.1) is 24.9 Å². The maximum absolute atomic E-state index is 14.8. The number of likely N-dealkylation sites (tertiary alicyclic amines) is 1. The third kappa shape index (κ3) is 4.69. The molecular weight excluding hydrogens is 536 g/mol. The molecule has 0 aromatic heterocycles. The van der Waals surface area contributed by atoms with Crippen LogP contribution >= 0.6 is 11.8 Å². The summed E-state index contributed by atoms with van der Waals surface area (Å²) in [5.74, 6) is -2.32. The summed E-state index contributed by atoms with van der Waals surface area (Å²) in [7, 11) is 0. The number of fused-ring (bicyclic) bond motifs is 2. The van der Waals surface area contributed by atoms with E-state index < -0.39 is 39.4 Å². The lowest BCUT2D eigenvalue weighted by molar-refractivity contribution is -0.156. The van der Waals surface area contributed by atoms with Gasteiger partial charge in [-0.3, -0.25) is 14.4 Å². The number of hydrogen-bond donors (Lipinski definition) is 1. The lowest BCUT2D eigenvalue weighted by atomic mass is 9.66. The van der Waals surface area contributed by atoms with Crippen LogP contribution in [0.4, 0.5) is 5.69 Å². The van der Waals surface area contributed by atoms with E-state index in [4.69, 9.17) is 4.74 Å². The second kappa shape index (κ2) is 11.3. The highest BCUT2D eigenvalue weighted by Crippen LogP contribution is 2.72. The number of aliphatic hydroxyl groups is 1. The molecule has 3 aliphatic rings. The zero-order valence-corrected chi connectivity index (χ0v) is 24.9. The van der Waals surface area contributed by atoms with Crippen LogP contribution in [0.25, 0.3) is 10.8 Å². The van der Waals surface area contributed by atoms with Gasteiger partial charge in [0.1, 0.15) is 6.04 Å². The molecule has 3 aliphatic heterocycles. The summed E-state index contributed by atoms with van der Waals surface area (Å²) in [5, 5.41) is 12.6. The van der Waals surface area contributed by atoms with E-state index in [2.05, 4.69) is 13.2 Å². The third-order valence-corrected chi connectivity index (χ3v) is 11.2. The topological polar surface area (TPSA) is 87.1 Å². The van der Waals surface area contributed by atoms with E-state index in [1.165, 1.54) is 0 Å². The zero-order valence-electron chi connectivity index (χ0n) is 24.1. The van der Waals surface area contributed by atoms with Gasteiger partial charge in [0.05, 0.1) is 35.8 Å². The number of ether oxygens (including phenoxy) is 1. The van der Waals surface area contributed by atoms with E-state index >= 15 is 0 Å². The molecular formula is C33H40N2O5S. The second-order valence-electron chi connectivity index (χ2n) is 12.0. The van der Waals surface area contributed by atoms with Gasteiger partial charge >= 0.3 is 5.97 Å². The number of nitrogens with zero attached hydrogens (tertiary/aromatic N) is 2. The second-order valence-corrected chi connectivity index (χ2v) is 13.9. The van der Waals surface area contributed by atoms with E-state index in [-0.39, 0.29) is 37.5 Å². The van der Waals surface area contributed by atoms with Gasteiger partial charge in [0.15, 0.2) is 0 Å². The lowest BCUT2D eigenvalue weighted by Gasteiger charge is -2.40. The molecule has 6 atom stereocenters. The van der Waals surface area contributed by atoms with Gasteiger partial charge in [-0.2, -0.15) is 0 Å². The van der Waals surface area contributed by atoms with Crippen molar-refractivity contribution in [3.8, 4) is 0 Å². The number of rotatable bonds is 11. The monoisotopic (exact) mass is 576 g/mol. The van der Waals surface area contributed by atoms with Crippen LogP contribution < -0.4 is 4.90 Å². The average Bonchev–Trinajstić information content (AvgIpc) is 3.52. The van der Waals surface area contributed by atoms with E-state index in [1.807, 2.05) is 63.2 Å². The molecule has 0 radical (unpaired) electrons. The lowest BCUT2D eigenvalue weighted by Crippen LogP contribution is -2.58. The number of carbonyl (C=O) groups excluding carboxylic acids is 3. The van der Waals surface area contributed by atoms with Crippen LogP contribution in [0.5, 0.6) is 0 Å². The Kier molecular flexibility index (Phi) is 8.09. The van der Waals surface area contributed by atoms with Crippen molar-refractivity contribution >= 4 is 46.0 Å². The molecule has 0 aliphatic carbocycles. The van der Waals surface area contributed by atoms with Gasteiger partial charge in [0.2, 0.25) is 5.91 Å². The number of anilines is 1. The number of carbonyl (C=O) groups is 3. The molecule has 3 fully saturated rings. The molecule has 3 saturated heterocycles. The molecule has 7 nitrogen and oxygen atoms in total. The summed E-state index contributed by atoms with van der Waals surface area (Å²) in [4.78, 5) is 46.2. The molecule has 0 saturated carbocycles. The predicted molar refractivity (Wildman–Crippen MR) is 164 cm³/mol. The molecule has 3 heterocycles. The van der Waals surface area contributed by atoms with Crippen LogP contribution in [0.15, 0.2) is 67.8 Å². The summed E-state index contributed by atoms with van der Waals surface area (Å²) in [6.07, 6.45) is 5.24. The Morgan fingerprint density at radius 3 is 2.56 bits per heavy atom. The predicted octanol–water partition coefficient (Wildman–Crippen LogP) is 4.98. The zero-order chi connectivity index (χ0) is 29.5. The van der Waals surface area contributed by atoms with Crippen molar-refractivity contribution in [2.45, 2.75) is 61.6 Å². The van der Waals surface area contributed by atoms with Crippen molar-refractivity contribution in [2.75, 3.05) is 24.7 Å². The molecule has 2 bridgehead atoms. The maximum Gasteiger partial charge on any atom is 0.311 e. The molecule has 2 aromatic rings. The normalized spacial score (nSPS) is 29.0. The molecule has 41 heavy (non-hydrogen) atoms. The molecule has 2 amide bonds. The minimum Gasteiger partial charge on any atom is -0.465 e. The van der Waals surface area contributed by atoms with Crippen LogP contribution in [0.3, 0.4) is 0 Å². The van der Waals surface area contributed by atoms with Crippen molar-refractivity contribution in [1.82, 2.24) is 4.90 Å². The van der Waals surface area contributed by atoms with Crippen LogP contribution in [0.2, 0.25) is 0 Å². The fourth-order valence-electron chi connectivity index (χ4n) is 7.25. The number of amides is 2. The first-order valence-corrected chi connectivity index (χ1v) is 15.3. The number of aliphatic hydroxyl groups excluding tert-OH is 1. The molecule has 1 spiro atoms. The van der Waals surface area contributed by atoms with Crippen LogP contribution in [-0.4, -0.2) is 69.1 Å². The fourth-order valence-corrected chi connectivity index (χ4v) is 9.58. The van der Waals surface area contributed by atoms with Gasteiger partial charge in [0, 0.05) is 17.0 Å². The van der Waals surface area contributed by atoms with E-state index in [0.29, 0.717) is 19.3 Å². The third-order valence-electron chi connectivity index (χ3n) is 9.20. The first-order chi connectivity index (χ1) is 19.6. The summed E-state index contributed by atoms with van der Waals surface area (Å²) < 4.78 is 4.33. The van der Waals surface area contributed by atoms with E-state index in [1.54, 1.807) is 33.7 Å². The van der Waals surface area contributed by atoms with E-state index in [9.17, 15) is 19.5 Å². The van der Waals surface area contributed by atoms with Crippen molar-refractivity contribution in [3.05, 3.63) is 67.8 Å². The Balaban J connectivity index is 1.61. The van der Waals surface area contributed by atoms with Crippen LogP contribution in [-0.2, 0) is 19.1 Å². The highest BCUT2D eigenvalue weighted by atomic mass is 32.2. The van der Waals surface area contributed by atoms with Crippen molar-refractivity contribution < 1.29 is 24.2 Å². The van der Waals surface area contributed by atoms with Gasteiger partial charge in [-0.05, 0) is 55.0 Å². The van der Waals surface area contributed by atoms with Crippen molar-refractivity contribution in [2.24, 2.45) is 17.8 Å². The first-order valence-electron chi connectivity index (χ1n) is 14.5. The van der Waals surface area contributed by atoms with Gasteiger partial charge in [-0.25, -0.2) is 0 Å². The Labute approximate surface area is 246 Å². The Hall–Kier alpha value is -3.10. The van der Waals surface area contributed by atoms with Gasteiger partial charge in [0.25, 0.3) is 5.91 Å². The van der Waals surface area contributed by atoms with Gasteiger partial charge in [-0.1, -0.05) is 56.3 Å². The highest BCUT2D eigenvalue weighted by molar-refractivity contribution is 8.02. The SMILES string of the molecule is C=CCCOC(=O)[C@H]1[C@H]2C(=O)N([C@@H](CO)C(C)C)C(C(=O)N(CC=C)c3ccc4ccccc4c3)C23CC[C@]1(C)S3. The minimum absolute atomic E-state index is 0.0984. The quantitative estimate of drug-likeness (QED) is 0.231. The molecule has 1 N–H and O–H groups in total. The molecule has 8 heteroatoms. The van der Waals surface area contributed by atoms with Crippen molar-refractivity contribution in [1.29, 1.82) is 0 Å². The maximum atomic E-state index is 14.8. The Bertz CT molecular complexity index is 1380. The largest absolute Gasteiger partial charge is 0.465 e. The smallest absolute Gasteiger partial charge is 0.311 e. The molecule has 5 rings (SSSR count). The van der Waals surface area contributed by atoms with Gasteiger partial charge < -0.3 is 19.6 Å². The Morgan fingerprint density at radius 1 is 1.17 bits per heavy atom.